The summed E-state index contributed by atoms with van der Waals surface area (Å²) in [5.74, 6) is 0.641. The average molecular weight is 158 g/mol. The first-order valence-corrected chi connectivity index (χ1v) is 3.56. The Labute approximate surface area is 69.1 Å². The Kier molecular flexibility index (Phi) is 1.49. The molecule has 0 bridgehead atoms. The molecule has 0 saturated carbocycles. The van der Waals surface area contributed by atoms with Gasteiger partial charge in [-0.25, -0.2) is 9.97 Å². The van der Waals surface area contributed by atoms with E-state index in [-0.39, 0.29) is 0 Å². The number of nitriles is 1. The van der Waals surface area contributed by atoms with Crippen LogP contribution in [0, 0.1) is 11.3 Å². The zero-order valence-electron chi connectivity index (χ0n) is 6.31. The molecule has 0 N–H and O–H groups in total. The van der Waals surface area contributed by atoms with Crippen LogP contribution in [-0.4, -0.2) is 14.4 Å². The summed E-state index contributed by atoms with van der Waals surface area (Å²) in [6, 6.07) is 3.87. The minimum absolute atomic E-state index is 0.337. The first-order valence-electron chi connectivity index (χ1n) is 3.56. The number of fused-ring (bicyclic) bond motifs is 1. The van der Waals surface area contributed by atoms with E-state index in [1.165, 1.54) is 0 Å². The molecule has 0 aliphatic rings. The van der Waals surface area contributed by atoms with Crippen molar-refractivity contribution in [1.82, 2.24) is 14.4 Å². The van der Waals surface area contributed by atoms with E-state index in [1.54, 1.807) is 10.6 Å². The molecule has 4 heteroatoms. The Balaban J connectivity index is 2.56. The smallest absolute Gasteiger partial charge is 0.233 e. The van der Waals surface area contributed by atoms with Gasteiger partial charge in [0.1, 0.15) is 0 Å². The summed E-state index contributed by atoms with van der Waals surface area (Å²) in [6.07, 6.45) is 5.68. The van der Waals surface area contributed by atoms with E-state index >= 15 is 0 Å². The van der Waals surface area contributed by atoms with Gasteiger partial charge in [-0.05, 0) is 6.07 Å². The first kappa shape index (κ1) is 6.80. The number of rotatable bonds is 1. The SMILES string of the molecule is N#CCc1cn2cccnc2n1. The van der Waals surface area contributed by atoms with Gasteiger partial charge in [-0.3, -0.25) is 4.40 Å². The van der Waals surface area contributed by atoms with Crippen LogP contribution in [0.2, 0.25) is 0 Å². The lowest BCUT2D eigenvalue weighted by atomic mass is 10.4. The summed E-state index contributed by atoms with van der Waals surface area (Å²) in [7, 11) is 0. The second-order valence-corrected chi connectivity index (χ2v) is 2.39. The number of aromatic nitrogens is 3. The van der Waals surface area contributed by atoms with Gasteiger partial charge in [-0.2, -0.15) is 5.26 Å². The van der Waals surface area contributed by atoms with Gasteiger partial charge >= 0.3 is 0 Å². The molecule has 0 fully saturated rings. The largest absolute Gasteiger partial charge is 0.291 e. The van der Waals surface area contributed by atoms with Gasteiger partial charge < -0.3 is 0 Å². The maximum atomic E-state index is 8.43. The van der Waals surface area contributed by atoms with Crippen molar-refractivity contribution < 1.29 is 0 Å². The molecule has 2 aromatic rings. The van der Waals surface area contributed by atoms with E-state index in [0.29, 0.717) is 12.2 Å². The highest BCUT2D eigenvalue weighted by Crippen LogP contribution is 2.01. The zero-order chi connectivity index (χ0) is 8.39. The minimum atomic E-state index is 0.337. The monoisotopic (exact) mass is 158 g/mol. The Bertz CT molecular complexity index is 404. The van der Waals surface area contributed by atoms with E-state index in [9.17, 15) is 0 Å². The lowest BCUT2D eigenvalue weighted by molar-refractivity contribution is 1.11. The van der Waals surface area contributed by atoms with Crippen molar-refractivity contribution in [2.75, 3.05) is 0 Å². The standard InChI is InChI=1S/C8H6N4/c9-3-2-7-6-12-5-1-4-10-8(12)11-7/h1,4-6H,2H2. The molecular weight excluding hydrogens is 152 g/mol. The molecule has 0 saturated heterocycles. The predicted molar refractivity (Wildman–Crippen MR) is 42.3 cm³/mol. The third kappa shape index (κ3) is 1.01. The van der Waals surface area contributed by atoms with Gasteiger partial charge in [-0.15, -0.1) is 0 Å². The highest BCUT2D eigenvalue weighted by Gasteiger charge is 1.99. The molecule has 0 radical (unpaired) electrons. The summed E-state index contributed by atoms with van der Waals surface area (Å²) in [5.41, 5.74) is 0.760. The molecule has 0 aliphatic heterocycles. The Morgan fingerprint density at radius 3 is 3.25 bits per heavy atom. The first-order chi connectivity index (χ1) is 5.90. The van der Waals surface area contributed by atoms with Crippen molar-refractivity contribution in [2.45, 2.75) is 6.42 Å². The summed E-state index contributed by atoms with van der Waals surface area (Å²) in [6.45, 7) is 0. The zero-order valence-corrected chi connectivity index (χ0v) is 6.31. The predicted octanol–water partition coefficient (Wildman–Crippen LogP) is 0.795. The van der Waals surface area contributed by atoms with Gasteiger partial charge in [0.25, 0.3) is 0 Å². The molecule has 0 unspecified atom stereocenters. The molecule has 58 valence electrons. The fourth-order valence-corrected chi connectivity index (χ4v) is 1.05. The van der Waals surface area contributed by atoms with Crippen LogP contribution < -0.4 is 0 Å². The molecule has 0 aromatic carbocycles. The Morgan fingerprint density at radius 2 is 2.50 bits per heavy atom. The van der Waals surface area contributed by atoms with Crippen LogP contribution in [-0.2, 0) is 6.42 Å². The molecule has 2 aromatic heterocycles. The van der Waals surface area contributed by atoms with Gasteiger partial charge in [-0.1, -0.05) is 0 Å². The van der Waals surface area contributed by atoms with Gasteiger partial charge in [0, 0.05) is 18.6 Å². The van der Waals surface area contributed by atoms with Crippen LogP contribution in [0.5, 0.6) is 0 Å². The van der Waals surface area contributed by atoms with Crippen molar-refractivity contribution in [1.29, 1.82) is 5.26 Å². The van der Waals surface area contributed by atoms with Crippen LogP contribution in [0.4, 0.5) is 0 Å². The highest BCUT2D eigenvalue weighted by atomic mass is 15.1. The van der Waals surface area contributed by atoms with E-state index < -0.39 is 0 Å². The minimum Gasteiger partial charge on any atom is -0.291 e. The molecule has 2 heterocycles. The lowest BCUT2D eigenvalue weighted by Crippen LogP contribution is -1.83. The molecule has 12 heavy (non-hydrogen) atoms. The van der Waals surface area contributed by atoms with Crippen LogP contribution in [0.3, 0.4) is 0 Å². The van der Waals surface area contributed by atoms with Crippen LogP contribution in [0.15, 0.2) is 24.7 Å². The van der Waals surface area contributed by atoms with Crippen molar-refractivity contribution in [3.63, 3.8) is 0 Å². The summed E-state index contributed by atoms with van der Waals surface area (Å²) >= 11 is 0. The van der Waals surface area contributed by atoms with Crippen LogP contribution >= 0.6 is 0 Å². The molecule has 0 spiro atoms. The van der Waals surface area contributed by atoms with E-state index in [2.05, 4.69) is 9.97 Å². The van der Waals surface area contributed by atoms with Crippen LogP contribution in [0.25, 0.3) is 5.78 Å². The van der Waals surface area contributed by atoms with Crippen molar-refractivity contribution in [2.24, 2.45) is 0 Å². The quantitative estimate of drug-likeness (QED) is 0.616. The molecule has 2 rings (SSSR count). The molecule has 0 amide bonds. The maximum Gasteiger partial charge on any atom is 0.233 e. The topological polar surface area (TPSA) is 54.0 Å². The van der Waals surface area contributed by atoms with Crippen LogP contribution in [0.1, 0.15) is 5.69 Å². The van der Waals surface area contributed by atoms with Gasteiger partial charge in [0.05, 0.1) is 18.2 Å². The van der Waals surface area contributed by atoms with E-state index in [4.69, 9.17) is 5.26 Å². The number of hydrogen-bond donors (Lipinski definition) is 0. The summed E-state index contributed by atoms with van der Waals surface area (Å²) in [5, 5.41) is 8.43. The fraction of sp³-hybridized carbons (Fsp3) is 0.125. The van der Waals surface area contributed by atoms with E-state index in [1.807, 2.05) is 24.5 Å². The third-order valence-electron chi connectivity index (χ3n) is 1.55. The number of hydrogen-bond acceptors (Lipinski definition) is 3. The van der Waals surface area contributed by atoms with Crippen molar-refractivity contribution >= 4 is 5.78 Å². The number of nitrogens with zero attached hydrogens (tertiary/aromatic N) is 4. The molecule has 0 aliphatic carbocycles. The van der Waals surface area contributed by atoms with Crippen molar-refractivity contribution in [3.05, 3.63) is 30.4 Å². The molecule has 0 atom stereocenters. The highest BCUT2D eigenvalue weighted by molar-refractivity contribution is 5.30. The average Bonchev–Trinajstić information content (AvgIpc) is 2.47. The van der Waals surface area contributed by atoms with Crippen molar-refractivity contribution in [3.8, 4) is 6.07 Å². The maximum absolute atomic E-state index is 8.43. The lowest BCUT2D eigenvalue weighted by Gasteiger charge is -1.85. The number of imidazole rings is 1. The normalized spacial score (nSPS) is 9.92. The summed E-state index contributed by atoms with van der Waals surface area (Å²) < 4.78 is 1.80. The third-order valence-corrected chi connectivity index (χ3v) is 1.55. The second kappa shape index (κ2) is 2.62. The molecule has 4 nitrogen and oxygen atoms in total. The summed E-state index contributed by atoms with van der Waals surface area (Å²) in [4.78, 5) is 8.16. The van der Waals surface area contributed by atoms with E-state index in [0.717, 1.165) is 5.69 Å². The second-order valence-electron chi connectivity index (χ2n) is 2.39. The fourth-order valence-electron chi connectivity index (χ4n) is 1.05. The Hall–Kier alpha value is -1.89. The van der Waals surface area contributed by atoms with Gasteiger partial charge in [0.2, 0.25) is 5.78 Å². The Morgan fingerprint density at radius 1 is 1.58 bits per heavy atom. The van der Waals surface area contributed by atoms with Gasteiger partial charge in [0.15, 0.2) is 0 Å². The molecular formula is C8H6N4.